The molecule has 1 aromatic rings. The third-order valence-corrected chi connectivity index (χ3v) is 6.45. The normalized spacial score (nSPS) is 38.9. The zero-order valence-electron chi connectivity index (χ0n) is 13.3. The number of hydrogen-bond donors (Lipinski definition) is 1. The molecule has 0 spiro atoms. The zero-order valence-corrected chi connectivity index (χ0v) is 13.3. The molecule has 0 aliphatic heterocycles. The molecule has 1 aromatic heterocycles. The van der Waals surface area contributed by atoms with Crippen molar-refractivity contribution >= 4 is 0 Å². The molecule has 1 N–H and O–H groups in total. The topological polar surface area (TPSA) is 38.0 Å². The van der Waals surface area contributed by atoms with Crippen molar-refractivity contribution in [1.29, 1.82) is 0 Å². The van der Waals surface area contributed by atoms with Gasteiger partial charge < -0.3 is 5.11 Å². The second-order valence-corrected chi connectivity index (χ2v) is 7.87. The van der Waals surface area contributed by atoms with Gasteiger partial charge in [0.15, 0.2) is 0 Å². The Balaban J connectivity index is 1.51. The number of hydrogen-bond acceptors (Lipinski definition) is 2. The summed E-state index contributed by atoms with van der Waals surface area (Å²) < 4.78 is 2.06. The van der Waals surface area contributed by atoms with Gasteiger partial charge in [0.25, 0.3) is 0 Å². The number of aliphatic hydroxyl groups is 1. The third-order valence-electron chi connectivity index (χ3n) is 6.45. The Morgan fingerprint density at radius 1 is 1.19 bits per heavy atom. The molecule has 4 fully saturated rings. The van der Waals surface area contributed by atoms with E-state index in [1.165, 1.54) is 37.8 Å². The summed E-state index contributed by atoms with van der Waals surface area (Å²) in [4.78, 5) is 0. The first-order valence-corrected chi connectivity index (χ1v) is 8.85. The number of aryl methyl sites for hydroxylation is 2. The van der Waals surface area contributed by atoms with Gasteiger partial charge in [0.1, 0.15) is 0 Å². The first-order valence-electron chi connectivity index (χ1n) is 8.85. The van der Waals surface area contributed by atoms with Gasteiger partial charge in [-0.25, -0.2) is 0 Å². The average Bonchev–Trinajstić information content (AvgIpc) is 2.77. The molecule has 5 rings (SSSR count). The van der Waals surface area contributed by atoms with Gasteiger partial charge in [-0.05, 0) is 81.6 Å². The fourth-order valence-corrected chi connectivity index (χ4v) is 5.98. The van der Waals surface area contributed by atoms with Crippen molar-refractivity contribution in [3.05, 3.63) is 17.5 Å². The maximum atomic E-state index is 10.9. The van der Waals surface area contributed by atoms with E-state index in [1.54, 1.807) is 0 Å². The van der Waals surface area contributed by atoms with E-state index in [0.717, 1.165) is 42.3 Å². The highest BCUT2D eigenvalue weighted by atomic mass is 16.3. The molecule has 21 heavy (non-hydrogen) atoms. The Labute approximate surface area is 127 Å². The lowest BCUT2D eigenvalue weighted by atomic mass is 9.50. The van der Waals surface area contributed by atoms with Crippen molar-refractivity contribution < 1.29 is 5.11 Å². The maximum absolute atomic E-state index is 10.9. The molecule has 3 heteroatoms. The molecule has 0 amide bonds. The molecule has 4 aliphatic rings. The van der Waals surface area contributed by atoms with E-state index >= 15 is 0 Å². The van der Waals surface area contributed by atoms with E-state index < -0.39 is 0 Å². The maximum Gasteiger partial charge on any atom is 0.0628 e. The second kappa shape index (κ2) is 5.12. The standard InChI is InChI=1S/C18H28N2O/c1-3-20-16(4-11(2)19-20)10-17(21)18-14-6-12-5-13(8-14)9-15(18)7-12/h4,12-15,17-18,21H,3,5-10H2,1-2H3. The first kappa shape index (κ1) is 13.8. The lowest BCUT2D eigenvalue weighted by Crippen LogP contribution is -2.49. The lowest BCUT2D eigenvalue weighted by Gasteiger charge is -2.55. The molecule has 116 valence electrons. The summed E-state index contributed by atoms with van der Waals surface area (Å²) in [5.74, 6) is 4.13. The van der Waals surface area contributed by atoms with Crippen LogP contribution in [0.4, 0.5) is 0 Å². The molecule has 4 saturated carbocycles. The molecule has 1 unspecified atom stereocenters. The highest BCUT2D eigenvalue weighted by Gasteiger charge is 2.50. The fourth-order valence-electron chi connectivity index (χ4n) is 5.98. The molecule has 1 heterocycles. The van der Waals surface area contributed by atoms with Gasteiger partial charge in [-0.3, -0.25) is 4.68 Å². The van der Waals surface area contributed by atoms with E-state index in [1.807, 2.05) is 6.92 Å². The van der Waals surface area contributed by atoms with Crippen molar-refractivity contribution in [3.63, 3.8) is 0 Å². The minimum absolute atomic E-state index is 0.165. The van der Waals surface area contributed by atoms with Crippen LogP contribution in [-0.2, 0) is 13.0 Å². The summed E-state index contributed by atoms with van der Waals surface area (Å²) in [6.45, 7) is 5.08. The van der Waals surface area contributed by atoms with E-state index in [-0.39, 0.29) is 6.10 Å². The van der Waals surface area contributed by atoms with E-state index in [0.29, 0.717) is 5.92 Å². The smallest absolute Gasteiger partial charge is 0.0628 e. The zero-order chi connectivity index (χ0) is 14.6. The number of aromatic nitrogens is 2. The number of rotatable bonds is 4. The summed E-state index contributed by atoms with van der Waals surface area (Å²) >= 11 is 0. The van der Waals surface area contributed by atoms with Crippen molar-refractivity contribution in [2.75, 3.05) is 0 Å². The van der Waals surface area contributed by atoms with Crippen molar-refractivity contribution in [3.8, 4) is 0 Å². The summed E-state index contributed by atoms with van der Waals surface area (Å²) in [7, 11) is 0. The molecule has 4 aliphatic carbocycles. The van der Waals surface area contributed by atoms with Gasteiger partial charge >= 0.3 is 0 Å². The van der Waals surface area contributed by atoms with Gasteiger partial charge in [0.05, 0.1) is 11.8 Å². The SMILES string of the molecule is CCn1nc(C)cc1CC(O)C1C2CC3CC(C2)CC1C3. The van der Waals surface area contributed by atoms with Gasteiger partial charge in [0, 0.05) is 18.7 Å². The van der Waals surface area contributed by atoms with Crippen LogP contribution in [0.2, 0.25) is 0 Å². The fraction of sp³-hybridized carbons (Fsp3) is 0.833. The van der Waals surface area contributed by atoms with Crippen LogP contribution >= 0.6 is 0 Å². The molecule has 4 bridgehead atoms. The van der Waals surface area contributed by atoms with Crippen molar-refractivity contribution in [2.24, 2.45) is 29.6 Å². The van der Waals surface area contributed by atoms with Crippen molar-refractivity contribution in [2.45, 2.75) is 65.0 Å². The van der Waals surface area contributed by atoms with Crippen LogP contribution in [0.5, 0.6) is 0 Å². The molecular weight excluding hydrogens is 260 g/mol. The summed E-state index contributed by atoms with van der Waals surface area (Å²) in [5, 5.41) is 15.4. The molecule has 1 atom stereocenters. The van der Waals surface area contributed by atoms with E-state index in [4.69, 9.17) is 0 Å². The quantitative estimate of drug-likeness (QED) is 0.924. The van der Waals surface area contributed by atoms with Crippen molar-refractivity contribution in [1.82, 2.24) is 9.78 Å². The Morgan fingerprint density at radius 2 is 1.81 bits per heavy atom. The largest absolute Gasteiger partial charge is 0.392 e. The second-order valence-electron chi connectivity index (χ2n) is 7.87. The van der Waals surface area contributed by atoms with Crippen LogP contribution in [0, 0.1) is 36.5 Å². The Hall–Kier alpha value is -0.830. The van der Waals surface area contributed by atoms with Crippen LogP contribution in [0.25, 0.3) is 0 Å². The Bertz CT molecular complexity index is 493. The molecule has 0 aromatic carbocycles. The molecule has 3 nitrogen and oxygen atoms in total. The average molecular weight is 288 g/mol. The third kappa shape index (κ3) is 2.34. The number of nitrogens with zero attached hydrogens (tertiary/aromatic N) is 2. The highest BCUT2D eigenvalue weighted by molar-refractivity contribution is 5.11. The number of aliphatic hydroxyl groups excluding tert-OH is 1. The molecule has 0 saturated heterocycles. The Morgan fingerprint density at radius 3 is 2.38 bits per heavy atom. The summed E-state index contributed by atoms with van der Waals surface area (Å²) in [6, 6.07) is 2.16. The highest BCUT2D eigenvalue weighted by Crippen LogP contribution is 2.57. The van der Waals surface area contributed by atoms with Gasteiger partial charge in [-0.2, -0.15) is 5.10 Å². The minimum atomic E-state index is -0.165. The Kier molecular flexibility index (Phi) is 3.36. The molecule has 0 radical (unpaired) electrons. The minimum Gasteiger partial charge on any atom is -0.392 e. The van der Waals surface area contributed by atoms with Crippen LogP contribution < -0.4 is 0 Å². The monoisotopic (exact) mass is 288 g/mol. The predicted molar refractivity (Wildman–Crippen MR) is 82.9 cm³/mol. The molecular formula is C18H28N2O. The van der Waals surface area contributed by atoms with Gasteiger partial charge in [-0.15, -0.1) is 0 Å². The summed E-state index contributed by atoms with van der Waals surface area (Å²) in [6.07, 6.45) is 7.67. The van der Waals surface area contributed by atoms with E-state index in [9.17, 15) is 5.11 Å². The van der Waals surface area contributed by atoms with Crippen LogP contribution in [0.3, 0.4) is 0 Å². The predicted octanol–water partition coefficient (Wildman–Crippen LogP) is 3.19. The van der Waals surface area contributed by atoms with Crippen LogP contribution in [0.15, 0.2) is 6.07 Å². The van der Waals surface area contributed by atoms with Gasteiger partial charge in [0.2, 0.25) is 0 Å². The van der Waals surface area contributed by atoms with E-state index in [2.05, 4.69) is 22.8 Å². The van der Waals surface area contributed by atoms with Crippen LogP contribution in [0.1, 0.15) is 50.4 Å². The first-order chi connectivity index (χ1) is 10.1. The lowest BCUT2D eigenvalue weighted by molar-refractivity contribution is -0.0891. The summed E-state index contributed by atoms with van der Waals surface area (Å²) in [5.41, 5.74) is 2.29. The van der Waals surface area contributed by atoms with Gasteiger partial charge in [-0.1, -0.05) is 0 Å². The van der Waals surface area contributed by atoms with Crippen LogP contribution in [-0.4, -0.2) is 21.0 Å².